The summed E-state index contributed by atoms with van der Waals surface area (Å²) in [5.74, 6) is -0.412. The predicted molar refractivity (Wildman–Crippen MR) is 102 cm³/mol. The maximum atomic E-state index is 12.5. The van der Waals surface area contributed by atoms with Crippen LogP contribution in [0.3, 0.4) is 0 Å². The van der Waals surface area contributed by atoms with Gasteiger partial charge in [-0.1, -0.05) is 35.6 Å². The van der Waals surface area contributed by atoms with Crippen molar-refractivity contribution in [1.82, 2.24) is 14.8 Å². The maximum Gasteiger partial charge on any atom is 0.277 e. The van der Waals surface area contributed by atoms with Gasteiger partial charge in [0, 0.05) is 6.07 Å². The number of fused-ring (bicyclic) bond motifs is 1. The van der Waals surface area contributed by atoms with Crippen LogP contribution in [0.2, 0.25) is 0 Å². The third-order valence-corrected chi connectivity index (χ3v) is 4.73. The number of benzene rings is 2. The van der Waals surface area contributed by atoms with Crippen LogP contribution in [-0.2, 0) is 0 Å². The van der Waals surface area contributed by atoms with Gasteiger partial charge in [0.05, 0.1) is 15.9 Å². The van der Waals surface area contributed by atoms with Crippen LogP contribution in [0.5, 0.6) is 0 Å². The van der Waals surface area contributed by atoms with E-state index >= 15 is 0 Å². The highest BCUT2D eigenvalue weighted by atomic mass is 32.1. The fourth-order valence-electron chi connectivity index (χ4n) is 2.53. The minimum atomic E-state index is -0.412. The van der Waals surface area contributed by atoms with Crippen LogP contribution in [0.1, 0.15) is 16.1 Å². The van der Waals surface area contributed by atoms with Crippen molar-refractivity contribution < 1.29 is 4.79 Å². The van der Waals surface area contributed by atoms with Crippen LogP contribution in [-0.4, -0.2) is 20.7 Å². The molecule has 0 saturated heterocycles. The van der Waals surface area contributed by atoms with Gasteiger partial charge >= 0.3 is 0 Å². The van der Waals surface area contributed by atoms with Gasteiger partial charge in [0.2, 0.25) is 0 Å². The minimum Gasteiger partial charge on any atom is -0.296 e. The lowest BCUT2D eigenvalue weighted by Crippen LogP contribution is -2.24. The Balaban J connectivity index is 1.64. The molecule has 0 bridgehead atoms. The molecule has 0 saturated carbocycles. The molecule has 4 aromatic rings. The molecule has 0 radical (unpaired) electrons. The van der Waals surface area contributed by atoms with Crippen LogP contribution in [0.15, 0.2) is 65.5 Å². The molecule has 7 heteroatoms. The average Bonchev–Trinajstić information content (AvgIpc) is 3.04. The van der Waals surface area contributed by atoms with Crippen molar-refractivity contribution in [3.63, 3.8) is 0 Å². The van der Waals surface area contributed by atoms with E-state index in [1.54, 1.807) is 24.3 Å². The number of thiazole rings is 1. The molecule has 4 rings (SSSR count). The first kappa shape index (κ1) is 16.2. The van der Waals surface area contributed by atoms with Crippen molar-refractivity contribution in [2.24, 2.45) is 0 Å². The number of rotatable bonds is 3. The summed E-state index contributed by atoms with van der Waals surface area (Å²) in [6.07, 6.45) is 0. The minimum absolute atomic E-state index is 0.142. The largest absolute Gasteiger partial charge is 0.296 e. The van der Waals surface area contributed by atoms with Gasteiger partial charge in [0.15, 0.2) is 5.13 Å². The molecule has 1 amide bonds. The second kappa shape index (κ2) is 6.53. The maximum absolute atomic E-state index is 12.5. The van der Waals surface area contributed by atoms with Gasteiger partial charge in [0.1, 0.15) is 5.69 Å². The lowest BCUT2D eigenvalue weighted by atomic mass is 10.2. The summed E-state index contributed by atoms with van der Waals surface area (Å²) in [5, 5.41) is 7.43. The molecule has 2 aromatic carbocycles. The number of carbonyl (C=O) groups is 1. The molecule has 2 aromatic heterocycles. The number of carbonyl (C=O) groups excluding carboxylic acids is 1. The first-order chi connectivity index (χ1) is 12.6. The van der Waals surface area contributed by atoms with Gasteiger partial charge in [-0.3, -0.25) is 14.9 Å². The SMILES string of the molecule is Cc1ccc2nc(NC(=O)c3ccc(=O)n(-c4ccccc4)n3)sc2c1. The third kappa shape index (κ3) is 3.12. The normalized spacial score (nSPS) is 10.8. The van der Waals surface area contributed by atoms with E-state index in [2.05, 4.69) is 15.4 Å². The number of aromatic nitrogens is 3. The Morgan fingerprint density at radius 3 is 2.69 bits per heavy atom. The Bertz CT molecular complexity index is 1170. The Morgan fingerprint density at radius 1 is 1.08 bits per heavy atom. The van der Waals surface area contributed by atoms with E-state index < -0.39 is 5.91 Å². The molecule has 0 aliphatic rings. The van der Waals surface area contributed by atoms with Crippen LogP contribution >= 0.6 is 11.3 Å². The Hall–Kier alpha value is -3.32. The number of nitrogens with one attached hydrogen (secondary N) is 1. The number of hydrogen-bond donors (Lipinski definition) is 1. The fourth-order valence-corrected chi connectivity index (χ4v) is 3.49. The molecule has 26 heavy (non-hydrogen) atoms. The van der Waals surface area contributed by atoms with Gasteiger partial charge in [-0.15, -0.1) is 0 Å². The van der Waals surface area contributed by atoms with E-state index in [9.17, 15) is 9.59 Å². The topological polar surface area (TPSA) is 76.9 Å². The molecule has 0 spiro atoms. The highest BCUT2D eigenvalue weighted by molar-refractivity contribution is 7.22. The molecule has 0 unspecified atom stereocenters. The van der Waals surface area contributed by atoms with E-state index in [-0.39, 0.29) is 11.3 Å². The van der Waals surface area contributed by atoms with E-state index in [4.69, 9.17) is 0 Å². The summed E-state index contributed by atoms with van der Waals surface area (Å²) in [6, 6.07) is 17.6. The summed E-state index contributed by atoms with van der Waals surface area (Å²) in [7, 11) is 0. The monoisotopic (exact) mass is 362 g/mol. The highest BCUT2D eigenvalue weighted by Gasteiger charge is 2.13. The van der Waals surface area contributed by atoms with Crippen molar-refractivity contribution in [2.45, 2.75) is 6.92 Å². The second-order valence-corrected chi connectivity index (χ2v) is 6.78. The summed E-state index contributed by atoms with van der Waals surface area (Å²) < 4.78 is 2.21. The van der Waals surface area contributed by atoms with E-state index in [1.807, 2.05) is 31.2 Å². The molecular weight excluding hydrogens is 348 g/mol. The lowest BCUT2D eigenvalue weighted by Gasteiger charge is -2.06. The number of para-hydroxylation sites is 1. The predicted octanol–water partition coefficient (Wildman–Crippen LogP) is 3.40. The zero-order chi connectivity index (χ0) is 18.1. The fraction of sp³-hybridized carbons (Fsp3) is 0.0526. The van der Waals surface area contributed by atoms with Gasteiger partial charge in [-0.25, -0.2) is 4.98 Å². The summed E-state index contributed by atoms with van der Waals surface area (Å²) in [4.78, 5) is 29.0. The molecule has 128 valence electrons. The third-order valence-electron chi connectivity index (χ3n) is 3.80. The van der Waals surface area contributed by atoms with E-state index in [0.29, 0.717) is 10.8 Å². The quantitative estimate of drug-likeness (QED) is 0.606. The zero-order valence-electron chi connectivity index (χ0n) is 13.8. The Morgan fingerprint density at radius 2 is 1.88 bits per heavy atom. The summed E-state index contributed by atoms with van der Waals surface area (Å²) >= 11 is 1.40. The highest BCUT2D eigenvalue weighted by Crippen LogP contribution is 2.26. The van der Waals surface area contributed by atoms with Crippen LogP contribution < -0.4 is 10.9 Å². The molecule has 0 fully saturated rings. The number of nitrogens with zero attached hydrogens (tertiary/aromatic N) is 3. The molecule has 6 nitrogen and oxygen atoms in total. The van der Waals surface area contributed by atoms with Crippen molar-refractivity contribution >= 4 is 32.6 Å². The first-order valence-electron chi connectivity index (χ1n) is 7.94. The number of amides is 1. The van der Waals surface area contributed by atoms with Gasteiger partial charge in [-0.05, 0) is 42.8 Å². The molecule has 1 N–H and O–H groups in total. The number of aryl methyl sites for hydroxylation is 1. The van der Waals surface area contributed by atoms with Gasteiger partial charge in [-0.2, -0.15) is 9.78 Å². The first-order valence-corrected chi connectivity index (χ1v) is 8.76. The Labute approximate surface area is 152 Å². The molecule has 2 heterocycles. The van der Waals surface area contributed by atoms with Crippen molar-refractivity contribution in [1.29, 1.82) is 0 Å². The van der Waals surface area contributed by atoms with E-state index in [1.165, 1.54) is 28.2 Å². The summed E-state index contributed by atoms with van der Waals surface area (Å²) in [5.41, 5.74) is 2.41. The van der Waals surface area contributed by atoms with E-state index in [0.717, 1.165) is 15.8 Å². The Kier molecular flexibility index (Phi) is 4.06. The van der Waals surface area contributed by atoms with Crippen LogP contribution in [0.25, 0.3) is 15.9 Å². The van der Waals surface area contributed by atoms with Crippen LogP contribution in [0.4, 0.5) is 5.13 Å². The lowest BCUT2D eigenvalue weighted by molar-refractivity contribution is 0.102. The van der Waals surface area contributed by atoms with Crippen molar-refractivity contribution in [2.75, 3.05) is 5.32 Å². The smallest absolute Gasteiger partial charge is 0.277 e. The standard InChI is InChI=1S/C19H14N4O2S/c1-12-7-8-14-16(11-12)26-19(20-14)21-18(25)15-9-10-17(24)23(22-15)13-5-3-2-4-6-13/h2-11H,1H3,(H,20,21,25). The van der Waals surface area contributed by atoms with Crippen molar-refractivity contribution in [3.05, 3.63) is 82.3 Å². The second-order valence-electron chi connectivity index (χ2n) is 5.75. The molecule has 0 aliphatic carbocycles. The number of anilines is 1. The van der Waals surface area contributed by atoms with Crippen LogP contribution in [0, 0.1) is 6.92 Å². The zero-order valence-corrected chi connectivity index (χ0v) is 14.7. The summed E-state index contributed by atoms with van der Waals surface area (Å²) in [6.45, 7) is 2.01. The molecule has 0 aliphatic heterocycles. The van der Waals surface area contributed by atoms with Gasteiger partial charge < -0.3 is 0 Å². The number of hydrogen-bond acceptors (Lipinski definition) is 5. The average molecular weight is 362 g/mol. The van der Waals surface area contributed by atoms with Crippen molar-refractivity contribution in [3.8, 4) is 5.69 Å². The molecule has 0 atom stereocenters. The van der Waals surface area contributed by atoms with Gasteiger partial charge in [0.25, 0.3) is 11.5 Å². The molecular formula is C19H14N4O2S.